The van der Waals surface area contributed by atoms with Gasteiger partial charge in [0.25, 0.3) is 5.91 Å². The maximum absolute atomic E-state index is 12.7. The first kappa shape index (κ1) is 18.1. The molecule has 28 heavy (non-hydrogen) atoms. The number of piperidine rings is 1. The number of carbonyl (C=O) groups is 2. The Morgan fingerprint density at radius 2 is 2.00 bits per heavy atom. The molecular formula is C20H26N3O4S+. The summed E-state index contributed by atoms with van der Waals surface area (Å²) in [5.74, 6) is 3.03. The summed E-state index contributed by atoms with van der Waals surface area (Å²) >= 11 is 1.89. The number of benzene rings is 1. The van der Waals surface area contributed by atoms with Crippen LogP contribution in [0.5, 0.6) is 11.5 Å². The van der Waals surface area contributed by atoms with E-state index in [1.54, 1.807) is 0 Å². The van der Waals surface area contributed by atoms with E-state index in [0.717, 1.165) is 61.6 Å². The SMILES string of the molecule is O=C(NCc1ccc2c(c1)OCO2)[C@@H]1CSC2(CCN(C(=O)C3CC3)CC2)[NH2+]1. The molecule has 150 valence electrons. The molecule has 4 aliphatic rings. The second-order valence-corrected chi connectivity index (χ2v) is 9.59. The second kappa shape index (κ2) is 7.15. The van der Waals surface area contributed by atoms with Crippen molar-refractivity contribution in [3.8, 4) is 11.5 Å². The fraction of sp³-hybridized carbons (Fsp3) is 0.600. The topological polar surface area (TPSA) is 84.5 Å². The summed E-state index contributed by atoms with van der Waals surface area (Å²) in [6.07, 6.45) is 4.05. The molecule has 0 unspecified atom stereocenters. The van der Waals surface area contributed by atoms with Crippen LogP contribution in [0.4, 0.5) is 0 Å². The van der Waals surface area contributed by atoms with Crippen molar-refractivity contribution in [3.63, 3.8) is 0 Å². The molecule has 3 aliphatic heterocycles. The average Bonchev–Trinajstić information content (AvgIpc) is 3.33. The summed E-state index contributed by atoms with van der Waals surface area (Å²) in [5.41, 5.74) is 1.00. The number of rotatable bonds is 4. The first-order chi connectivity index (χ1) is 13.6. The minimum absolute atomic E-state index is 0.0566. The van der Waals surface area contributed by atoms with E-state index in [1.165, 1.54) is 0 Å². The summed E-state index contributed by atoms with van der Waals surface area (Å²) in [6, 6.07) is 5.69. The van der Waals surface area contributed by atoms with Crippen molar-refractivity contribution in [1.29, 1.82) is 0 Å². The van der Waals surface area contributed by atoms with Crippen molar-refractivity contribution in [2.45, 2.75) is 43.1 Å². The molecule has 2 saturated heterocycles. The molecule has 3 fully saturated rings. The van der Waals surface area contributed by atoms with Gasteiger partial charge < -0.3 is 25.0 Å². The number of ether oxygens (including phenoxy) is 2. The van der Waals surface area contributed by atoms with Gasteiger partial charge in [0, 0.05) is 38.4 Å². The maximum Gasteiger partial charge on any atom is 0.279 e. The molecule has 2 amide bonds. The van der Waals surface area contributed by atoms with E-state index in [1.807, 2.05) is 34.9 Å². The van der Waals surface area contributed by atoms with Gasteiger partial charge in [0.1, 0.15) is 4.87 Å². The fourth-order valence-corrected chi connectivity index (χ4v) is 5.74. The van der Waals surface area contributed by atoms with Crippen LogP contribution in [0.2, 0.25) is 0 Å². The van der Waals surface area contributed by atoms with Gasteiger partial charge in [-0.1, -0.05) is 17.8 Å². The Labute approximate surface area is 168 Å². The third kappa shape index (κ3) is 3.55. The first-order valence-corrected chi connectivity index (χ1v) is 11.1. The van der Waals surface area contributed by atoms with Crippen LogP contribution in [-0.4, -0.2) is 53.3 Å². The highest BCUT2D eigenvalue weighted by atomic mass is 32.2. The van der Waals surface area contributed by atoms with E-state index < -0.39 is 0 Å². The number of amides is 2. The molecule has 1 spiro atoms. The van der Waals surface area contributed by atoms with E-state index in [2.05, 4.69) is 10.6 Å². The van der Waals surface area contributed by atoms with Crippen LogP contribution in [0.1, 0.15) is 31.2 Å². The Balaban J connectivity index is 1.12. The normalized spacial score (nSPS) is 25.1. The second-order valence-electron chi connectivity index (χ2n) is 8.15. The summed E-state index contributed by atoms with van der Waals surface area (Å²) in [7, 11) is 0. The number of thioether (sulfide) groups is 1. The summed E-state index contributed by atoms with van der Waals surface area (Å²) < 4.78 is 10.7. The molecule has 8 heteroatoms. The van der Waals surface area contributed by atoms with E-state index >= 15 is 0 Å². The number of carbonyl (C=O) groups excluding carboxylic acids is 2. The molecule has 0 radical (unpaired) electrons. The number of quaternary nitrogens is 1. The molecule has 1 saturated carbocycles. The van der Waals surface area contributed by atoms with Gasteiger partial charge in [0.05, 0.1) is 5.75 Å². The van der Waals surface area contributed by atoms with Crippen LogP contribution in [0.15, 0.2) is 18.2 Å². The van der Waals surface area contributed by atoms with E-state index in [4.69, 9.17) is 9.47 Å². The smallest absolute Gasteiger partial charge is 0.279 e. The molecule has 1 aromatic carbocycles. The van der Waals surface area contributed by atoms with Gasteiger partial charge in [-0.15, -0.1) is 0 Å². The number of likely N-dealkylation sites (tertiary alicyclic amines) is 1. The monoisotopic (exact) mass is 404 g/mol. The number of hydrogen-bond acceptors (Lipinski definition) is 5. The summed E-state index contributed by atoms with van der Waals surface area (Å²) in [4.78, 5) is 27.0. The highest BCUT2D eigenvalue weighted by Gasteiger charge is 2.49. The fourth-order valence-electron chi connectivity index (χ4n) is 4.25. The highest BCUT2D eigenvalue weighted by molar-refractivity contribution is 8.00. The number of fused-ring (bicyclic) bond motifs is 1. The Bertz CT molecular complexity index is 790. The van der Waals surface area contributed by atoms with Gasteiger partial charge >= 0.3 is 0 Å². The van der Waals surface area contributed by atoms with Crippen molar-refractivity contribution in [2.75, 3.05) is 25.6 Å². The lowest BCUT2D eigenvalue weighted by Gasteiger charge is -2.36. The van der Waals surface area contributed by atoms with Gasteiger partial charge in [0.2, 0.25) is 12.7 Å². The molecule has 1 aromatic rings. The van der Waals surface area contributed by atoms with Gasteiger partial charge in [0.15, 0.2) is 17.5 Å². The van der Waals surface area contributed by atoms with Crippen molar-refractivity contribution in [2.24, 2.45) is 5.92 Å². The third-order valence-corrected chi connectivity index (χ3v) is 7.79. The summed E-state index contributed by atoms with van der Waals surface area (Å²) in [5, 5.41) is 5.30. The van der Waals surface area contributed by atoms with E-state index in [-0.39, 0.29) is 23.6 Å². The predicted octanol–water partition coefficient (Wildman–Crippen LogP) is 0.439. The molecular weight excluding hydrogens is 378 g/mol. The molecule has 1 aliphatic carbocycles. The highest BCUT2D eigenvalue weighted by Crippen LogP contribution is 2.37. The van der Waals surface area contributed by atoms with Crippen LogP contribution >= 0.6 is 11.8 Å². The predicted molar refractivity (Wildman–Crippen MR) is 104 cm³/mol. The quantitative estimate of drug-likeness (QED) is 0.761. The van der Waals surface area contributed by atoms with Crippen molar-refractivity contribution in [3.05, 3.63) is 23.8 Å². The van der Waals surface area contributed by atoms with Gasteiger partial charge in [-0.05, 0) is 30.5 Å². The van der Waals surface area contributed by atoms with Gasteiger partial charge in [-0.25, -0.2) is 0 Å². The van der Waals surface area contributed by atoms with Gasteiger partial charge in [-0.2, -0.15) is 0 Å². The van der Waals surface area contributed by atoms with Crippen LogP contribution < -0.4 is 20.1 Å². The zero-order valence-corrected chi connectivity index (χ0v) is 16.6. The van der Waals surface area contributed by atoms with Crippen LogP contribution in [0.25, 0.3) is 0 Å². The maximum atomic E-state index is 12.7. The van der Waals surface area contributed by atoms with Crippen molar-refractivity contribution in [1.82, 2.24) is 10.2 Å². The third-order valence-electron chi connectivity index (χ3n) is 6.14. The molecule has 0 aromatic heterocycles. The molecule has 0 bridgehead atoms. The van der Waals surface area contributed by atoms with Gasteiger partial charge in [-0.3, -0.25) is 9.59 Å². The largest absolute Gasteiger partial charge is 0.454 e. The van der Waals surface area contributed by atoms with Crippen LogP contribution in [0.3, 0.4) is 0 Å². The Morgan fingerprint density at radius 1 is 1.21 bits per heavy atom. The van der Waals surface area contributed by atoms with Crippen molar-refractivity contribution < 1.29 is 24.4 Å². The molecule has 7 nitrogen and oxygen atoms in total. The zero-order valence-electron chi connectivity index (χ0n) is 15.8. The lowest BCUT2D eigenvalue weighted by atomic mass is 10.0. The standard InChI is InChI=1S/C20H25N3O4S/c24-18(21-10-13-1-4-16-17(9-13)27-12-26-16)15-11-28-20(22-15)5-7-23(8-6-20)19(25)14-2-3-14/h1,4,9,14-15,22H,2-3,5-8,10-12H2,(H,21,24)/p+1/t15-/m0/s1. The van der Waals surface area contributed by atoms with E-state index in [0.29, 0.717) is 18.4 Å². The Morgan fingerprint density at radius 3 is 2.79 bits per heavy atom. The minimum Gasteiger partial charge on any atom is -0.454 e. The van der Waals surface area contributed by atoms with Crippen LogP contribution in [0, 0.1) is 5.92 Å². The van der Waals surface area contributed by atoms with Crippen molar-refractivity contribution >= 4 is 23.6 Å². The lowest BCUT2D eigenvalue weighted by molar-refractivity contribution is -0.714. The summed E-state index contributed by atoms with van der Waals surface area (Å²) in [6.45, 7) is 2.39. The zero-order chi connectivity index (χ0) is 19.1. The average molecular weight is 405 g/mol. The number of nitrogens with one attached hydrogen (secondary N) is 1. The number of hydrogen-bond donors (Lipinski definition) is 2. The van der Waals surface area contributed by atoms with E-state index in [9.17, 15) is 9.59 Å². The first-order valence-electron chi connectivity index (χ1n) is 10.1. The Kier molecular flexibility index (Phi) is 4.63. The molecule has 5 rings (SSSR count). The minimum atomic E-state index is -0.0651. The Hall–Kier alpha value is -1.93. The molecule has 3 heterocycles. The molecule has 1 atom stereocenters. The molecule has 3 N–H and O–H groups in total. The lowest BCUT2D eigenvalue weighted by Crippen LogP contribution is -2.99. The number of nitrogens with zero attached hydrogens (tertiary/aromatic N) is 1. The number of nitrogens with two attached hydrogens (primary N) is 1. The van der Waals surface area contributed by atoms with Crippen LogP contribution in [-0.2, 0) is 16.1 Å².